The van der Waals surface area contributed by atoms with E-state index in [9.17, 15) is 9.59 Å². The molecule has 1 heterocycles. The van der Waals surface area contributed by atoms with Gasteiger partial charge in [0, 0.05) is 26.0 Å². The summed E-state index contributed by atoms with van der Waals surface area (Å²) in [6, 6.07) is 1.39. The zero-order valence-electron chi connectivity index (χ0n) is 11.6. The van der Waals surface area contributed by atoms with Crippen LogP contribution in [-0.2, 0) is 11.3 Å². The van der Waals surface area contributed by atoms with Gasteiger partial charge in [-0.15, -0.1) is 0 Å². The number of nitrogens with zero attached hydrogens (tertiary/aromatic N) is 2. The normalized spacial score (nSPS) is 10.9. The van der Waals surface area contributed by atoms with Crippen molar-refractivity contribution in [1.29, 1.82) is 0 Å². The Kier molecular flexibility index (Phi) is 4.47. The highest BCUT2D eigenvalue weighted by molar-refractivity contribution is 5.85. The van der Waals surface area contributed by atoms with Gasteiger partial charge in [0.1, 0.15) is 5.54 Å². The molecule has 1 aromatic heterocycles. The molecule has 0 spiro atoms. The van der Waals surface area contributed by atoms with Crippen molar-refractivity contribution in [3.63, 3.8) is 0 Å². The Morgan fingerprint density at radius 3 is 2.63 bits per heavy atom. The lowest BCUT2D eigenvalue weighted by Gasteiger charge is -2.31. The van der Waals surface area contributed by atoms with Crippen LogP contribution < -0.4 is 5.32 Å². The number of aryl methyl sites for hydroxylation is 1. The van der Waals surface area contributed by atoms with Gasteiger partial charge in [0.15, 0.2) is 0 Å². The fraction of sp³-hybridized carbons (Fsp3) is 0.462. The van der Waals surface area contributed by atoms with Crippen LogP contribution in [0.5, 0.6) is 0 Å². The van der Waals surface area contributed by atoms with Crippen molar-refractivity contribution < 1.29 is 14.7 Å². The van der Waals surface area contributed by atoms with Gasteiger partial charge >= 0.3 is 12.0 Å². The summed E-state index contributed by atoms with van der Waals surface area (Å²) >= 11 is 0. The minimum absolute atomic E-state index is 0.341. The number of rotatable bonds is 4. The molecule has 0 fully saturated rings. The van der Waals surface area contributed by atoms with Gasteiger partial charge in [0.2, 0.25) is 0 Å². The number of hydrogen-bond acceptors (Lipinski definition) is 3. The van der Waals surface area contributed by atoms with Crippen molar-refractivity contribution in [1.82, 2.24) is 15.2 Å². The highest BCUT2D eigenvalue weighted by atomic mass is 16.4. The summed E-state index contributed by atoms with van der Waals surface area (Å²) in [4.78, 5) is 28.1. The molecule has 0 unspecified atom stereocenters. The molecule has 2 amide bonds. The van der Waals surface area contributed by atoms with Gasteiger partial charge in [0.05, 0.1) is 0 Å². The van der Waals surface area contributed by atoms with E-state index < -0.39 is 17.5 Å². The van der Waals surface area contributed by atoms with Crippen LogP contribution in [0.3, 0.4) is 0 Å². The van der Waals surface area contributed by atoms with Crippen molar-refractivity contribution >= 4 is 12.0 Å². The molecule has 0 aromatic carbocycles. The fourth-order valence-corrected chi connectivity index (χ4v) is 1.39. The van der Waals surface area contributed by atoms with Crippen molar-refractivity contribution in [3.05, 3.63) is 29.6 Å². The number of aromatic nitrogens is 1. The van der Waals surface area contributed by atoms with Crippen molar-refractivity contribution in [2.75, 3.05) is 7.05 Å². The Balaban J connectivity index is 2.66. The van der Waals surface area contributed by atoms with Gasteiger partial charge in [-0.2, -0.15) is 0 Å². The predicted octanol–water partition coefficient (Wildman–Crippen LogP) is 1.39. The van der Waals surface area contributed by atoms with Gasteiger partial charge in [0.25, 0.3) is 0 Å². The van der Waals surface area contributed by atoms with Gasteiger partial charge in [-0.05, 0) is 38.0 Å². The summed E-state index contributed by atoms with van der Waals surface area (Å²) in [6.07, 6.45) is 3.37. The molecule has 0 aliphatic carbocycles. The molecule has 0 saturated heterocycles. The number of hydrogen-bond donors (Lipinski definition) is 2. The van der Waals surface area contributed by atoms with E-state index >= 15 is 0 Å². The molecule has 1 rings (SSSR count). The van der Waals surface area contributed by atoms with Gasteiger partial charge < -0.3 is 15.3 Å². The number of likely N-dealkylation sites (N-methyl/N-ethyl adjacent to an activating group) is 1. The third-order valence-electron chi connectivity index (χ3n) is 3.23. The molecule has 0 radical (unpaired) electrons. The number of carbonyl (C=O) groups is 2. The first-order chi connectivity index (χ1) is 8.76. The van der Waals surface area contributed by atoms with E-state index in [0.717, 1.165) is 11.1 Å². The zero-order valence-corrected chi connectivity index (χ0v) is 11.6. The molecule has 19 heavy (non-hydrogen) atoms. The minimum atomic E-state index is -1.25. The minimum Gasteiger partial charge on any atom is -0.480 e. The molecule has 1 aromatic rings. The summed E-state index contributed by atoms with van der Waals surface area (Å²) in [5, 5.41) is 11.8. The Morgan fingerprint density at radius 1 is 1.47 bits per heavy atom. The Labute approximate surface area is 112 Å². The molecule has 104 valence electrons. The summed E-state index contributed by atoms with van der Waals surface area (Å²) in [5.41, 5.74) is 0.671. The standard InChI is InChI=1S/C13H19N3O3/c1-9-7-14-6-5-10(9)8-15-12(19)16(4)13(2,3)11(17)18/h5-7H,8H2,1-4H3,(H,15,19)(H,17,18). The molecular weight excluding hydrogens is 246 g/mol. The van der Waals surface area contributed by atoms with E-state index in [2.05, 4.69) is 10.3 Å². The van der Waals surface area contributed by atoms with E-state index in [1.54, 1.807) is 12.4 Å². The van der Waals surface area contributed by atoms with Crippen LogP contribution in [0.4, 0.5) is 4.79 Å². The smallest absolute Gasteiger partial charge is 0.329 e. The molecule has 6 nitrogen and oxygen atoms in total. The summed E-state index contributed by atoms with van der Waals surface area (Å²) in [7, 11) is 1.46. The van der Waals surface area contributed by atoms with Crippen LogP contribution >= 0.6 is 0 Å². The van der Waals surface area contributed by atoms with Crippen LogP contribution in [0, 0.1) is 6.92 Å². The van der Waals surface area contributed by atoms with E-state index in [1.165, 1.54) is 25.8 Å². The van der Waals surface area contributed by atoms with Crippen LogP contribution in [-0.4, -0.2) is 39.6 Å². The van der Waals surface area contributed by atoms with Crippen LogP contribution in [0.2, 0.25) is 0 Å². The molecule has 2 N–H and O–H groups in total. The molecular formula is C13H19N3O3. The number of carboxylic acids is 1. The number of carbonyl (C=O) groups excluding carboxylic acids is 1. The highest BCUT2D eigenvalue weighted by Gasteiger charge is 2.35. The monoisotopic (exact) mass is 265 g/mol. The highest BCUT2D eigenvalue weighted by Crippen LogP contribution is 2.13. The molecule has 0 aliphatic rings. The lowest BCUT2D eigenvalue weighted by atomic mass is 10.0. The molecule has 0 bridgehead atoms. The Bertz CT molecular complexity index is 486. The third kappa shape index (κ3) is 3.43. The first-order valence-electron chi connectivity index (χ1n) is 5.91. The lowest BCUT2D eigenvalue weighted by Crippen LogP contribution is -2.53. The van der Waals surface area contributed by atoms with E-state index in [1.807, 2.05) is 13.0 Å². The van der Waals surface area contributed by atoms with E-state index in [4.69, 9.17) is 5.11 Å². The first-order valence-corrected chi connectivity index (χ1v) is 5.91. The molecule has 0 saturated carbocycles. The average molecular weight is 265 g/mol. The van der Waals surface area contributed by atoms with Gasteiger partial charge in [-0.25, -0.2) is 9.59 Å². The molecule has 0 aliphatic heterocycles. The maximum atomic E-state index is 11.9. The van der Waals surface area contributed by atoms with Crippen molar-refractivity contribution in [2.45, 2.75) is 32.9 Å². The molecule has 6 heteroatoms. The number of aliphatic carboxylic acids is 1. The average Bonchev–Trinajstić information content (AvgIpc) is 2.36. The lowest BCUT2D eigenvalue weighted by molar-refractivity contribution is -0.146. The third-order valence-corrected chi connectivity index (χ3v) is 3.23. The number of carboxylic acid groups (broad SMARTS) is 1. The second kappa shape index (κ2) is 5.69. The predicted molar refractivity (Wildman–Crippen MR) is 70.7 cm³/mol. The van der Waals surface area contributed by atoms with Gasteiger partial charge in [-0.3, -0.25) is 4.98 Å². The van der Waals surface area contributed by atoms with E-state index in [-0.39, 0.29) is 0 Å². The van der Waals surface area contributed by atoms with E-state index in [0.29, 0.717) is 6.54 Å². The van der Waals surface area contributed by atoms with Crippen LogP contribution in [0.25, 0.3) is 0 Å². The largest absolute Gasteiger partial charge is 0.480 e. The summed E-state index contributed by atoms with van der Waals surface area (Å²) in [5.74, 6) is -1.05. The summed E-state index contributed by atoms with van der Waals surface area (Å²) in [6.45, 7) is 5.20. The number of urea groups is 1. The maximum Gasteiger partial charge on any atom is 0.329 e. The Morgan fingerprint density at radius 2 is 2.11 bits per heavy atom. The van der Waals surface area contributed by atoms with Crippen LogP contribution in [0.1, 0.15) is 25.0 Å². The topological polar surface area (TPSA) is 82.5 Å². The SMILES string of the molecule is Cc1cnccc1CNC(=O)N(C)C(C)(C)C(=O)O. The quantitative estimate of drug-likeness (QED) is 0.862. The maximum absolute atomic E-state index is 11.9. The number of amides is 2. The number of nitrogens with one attached hydrogen (secondary N) is 1. The van der Waals surface area contributed by atoms with Gasteiger partial charge in [-0.1, -0.05) is 0 Å². The van der Waals surface area contributed by atoms with Crippen molar-refractivity contribution in [3.8, 4) is 0 Å². The fourth-order valence-electron chi connectivity index (χ4n) is 1.39. The second-order valence-electron chi connectivity index (χ2n) is 4.88. The van der Waals surface area contributed by atoms with Crippen LogP contribution in [0.15, 0.2) is 18.5 Å². The first kappa shape index (κ1) is 14.9. The Hall–Kier alpha value is -2.11. The molecule has 0 atom stereocenters. The zero-order chi connectivity index (χ0) is 14.6. The second-order valence-corrected chi connectivity index (χ2v) is 4.88. The summed E-state index contributed by atoms with van der Waals surface area (Å²) < 4.78 is 0. The number of pyridine rings is 1. The van der Waals surface area contributed by atoms with Crippen molar-refractivity contribution in [2.24, 2.45) is 0 Å².